The number of anilines is 6. The van der Waals surface area contributed by atoms with E-state index in [0.29, 0.717) is 10.9 Å². The topological polar surface area (TPSA) is 21.3 Å². The van der Waals surface area contributed by atoms with Gasteiger partial charge in [-0.25, -0.2) is 0 Å². The number of hydrogen-bond acceptors (Lipinski definition) is 2. The highest BCUT2D eigenvalue weighted by atomic mass is 15.2. The molecule has 14 aromatic carbocycles. The minimum atomic E-state index is -0.375. The minimum Gasteiger partial charge on any atom is -0.311 e. The minimum absolute atomic E-state index is 0.0792. The number of rotatable bonds is 8. The van der Waals surface area contributed by atoms with Crippen LogP contribution in [-0.4, -0.2) is 20.4 Å². The molecular weight excluding hydrogens is 1280 g/mol. The molecule has 0 spiro atoms. The Balaban J connectivity index is 0.944. The molecule has 0 saturated carbocycles. The van der Waals surface area contributed by atoms with E-state index in [1.807, 2.05) is 0 Å². The van der Waals surface area contributed by atoms with Crippen molar-refractivity contribution in [1.82, 2.24) is 13.7 Å². The van der Waals surface area contributed by atoms with Gasteiger partial charge in [-0.2, -0.15) is 0 Å². The Hall–Kier alpha value is -11.9. The van der Waals surface area contributed by atoms with Crippen LogP contribution in [0.15, 0.2) is 303 Å². The summed E-state index contributed by atoms with van der Waals surface area (Å²) in [6.45, 7) is 27.5. The van der Waals surface area contributed by atoms with Crippen LogP contribution in [0.3, 0.4) is 0 Å². The highest BCUT2D eigenvalue weighted by Gasteiger charge is 2.46. The van der Waals surface area contributed by atoms with Crippen molar-refractivity contribution in [2.75, 3.05) is 9.80 Å². The van der Waals surface area contributed by atoms with Crippen molar-refractivity contribution in [3.8, 4) is 50.4 Å². The molecule has 0 fully saturated rings. The molecule has 6 heteroatoms. The molecule has 0 amide bonds. The van der Waals surface area contributed by atoms with Crippen molar-refractivity contribution < 1.29 is 5.48 Å². The number of nitrogens with zero attached hydrogens (tertiary/aromatic N) is 5. The number of para-hydroxylation sites is 3. The molecule has 17 aromatic rings. The van der Waals surface area contributed by atoms with Crippen molar-refractivity contribution in [1.29, 1.82) is 0 Å². The third-order valence-corrected chi connectivity index (χ3v) is 22.7. The van der Waals surface area contributed by atoms with Gasteiger partial charge < -0.3 is 23.5 Å². The fourth-order valence-electron chi connectivity index (χ4n) is 17.2. The van der Waals surface area contributed by atoms with Crippen LogP contribution in [0.25, 0.3) is 116 Å². The molecule has 0 unspecified atom stereocenters. The zero-order chi connectivity index (χ0) is 75.9. The van der Waals surface area contributed by atoms with Gasteiger partial charge in [-0.05, 0) is 204 Å². The highest BCUT2D eigenvalue weighted by Crippen LogP contribution is 2.54. The van der Waals surface area contributed by atoms with Gasteiger partial charge in [0.25, 0.3) is 6.71 Å². The second-order valence-electron chi connectivity index (χ2n) is 33.5. The van der Waals surface area contributed by atoms with Crippen LogP contribution in [0.2, 0.25) is 0 Å². The lowest BCUT2D eigenvalue weighted by Crippen LogP contribution is -2.61. The van der Waals surface area contributed by atoms with Gasteiger partial charge in [0.05, 0.1) is 44.3 Å². The SMILES string of the molecule is [2H]c1c([2H])c([2H])c2c(c1[2H])c1cc(-n3c4ccccc4c4ccccc43)ccc1n2-c1ccc2c(c1)N(c1cccc(-c3ccccc3)c1)c1cc(C(C)(C)C)cc3c1B2c1ccc(-n2c4ccc(C(C)(C)C)cc4c4cc(C(C)(C)C)ccc42)cc1N3c1c(-c2ccccc2)cc(C(C)(C)C)cc1-c1ccccc1. The summed E-state index contributed by atoms with van der Waals surface area (Å²) < 4.78 is 45.6. The molecule has 5 heterocycles. The van der Waals surface area contributed by atoms with Crippen molar-refractivity contribution >= 4 is 123 Å². The summed E-state index contributed by atoms with van der Waals surface area (Å²) in [5.41, 5.74) is 28.8. The lowest BCUT2D eigenvalue weighted by Gasteiger charge is -2.46. The van der Waals surface area contributed by atoms with Gasteiger partial charge in [-0.1, -0.05) is 265 Å². The Bertz CT molecular complexity index is 6510. The summed E-state index contributed by atoms with van der Waals surface area (Å²) in [5.74, 6) is 0. The number of hydrogen-bond donors (Lipinski definition) is 0. The highest BCUT2D eigenvalue weighted by molar-refractivity contribution is 7.00. The maximum atomic E-state index is 10.0. The van der Waals surface area contributed by atoms with E-state index in [9.17, 15) is 5.48 Å². The maximum Gasteiger partial charge on any atom is 0.252 e. The second-order valence-corrected chi connectivity index (χ2v) is 33.5. The Kier molecular flexibility index (Phi) is 13.6. The van der Waals surface area contributed by atoms with E-state index < -0.39 is 0 Å². The molecule has 5 nitrogen and oxygen atoms in total. The van der Waals surface area contributed by atoms with Crippen LogP contribution in [0.1, 0.15) is 111 Å². The van der Waals surface area contributed by atoms with Crippen molar-refractivity contribution in [2.45, 2.75) is 105 Å². The van der Waals surface area contributed by atoms with E-state index in [4.69, 9.17) is 0 Å². The first-order valence-corrected chi connectivity index (χ1v) is 37.4. The summed E-state index contributed by atoms with van der Waals surface area (Å²) in [4.78, 5) is 5.17. The lowest BCUT2D eigenvalue weighted by atomic mass is 9.33. The molecule has 0 bridgehead atoms. The fraction of sp³-hybridized carbons (Fsp3) is 0.160. The quantitative estimate of drug-likeness (QED) is 0.141. The van der Waals surface area contributed by atoms with Crippen LogP contribution >= 0.6 is 0 Å². The van der Waals surface area contributed by atoms with Gasteiger partial charge in [0.1, 0.15) is 0 Å². The van der Waals surface area contributed by atoms with E-state index >= 15 is 0 Å². The predicted octanol–water partition coefficient (Wildman–Crippen LogP) is 25.3. The first-order chi connectivity index (χ1) is 52.8. The normalized spacial score (nSPS) is 13.8. The summed E-state index contributed by atoms with van der Waals surface area (Å²) in [6.07, 6.45) is 0. The van der Waals surface area contributed by atoms with Gasteiger partial charge in [0.2, 0.25) is 0 Å². The third kappa shape index (κ3) is 10.3. The second kappa shape index (κ2) is 23.8. The van der Waals surface area contributed by atoms with Crippen LogP contribution in [0.5, 0.6) is 0 Å². The van der Waals surface area contributed by atoms with Crippen LogP contribution in [0.4, 0.5) is 34.1 Å². The molecule has 0 atom stereocenters. The van der Waals surface area contributed by atoms with Crippen molar-refractivity contribution in [2.24, 2.45) is 0 Å². The molecule has 3 aromatic heterocycles. The number of fused-ring (bicyclic) bond motifs is 13. The summed E-state index contributed by atoms with van der Waals surface area (Å²) >= 11 is 0. The maximum absolute atomic E-state index is 10.0. The average Bonchev–Trinajstić information content (AvgIpc) is 0.764. The molecule has 19 rings (SSSR count). The van der Waals surface area contributed by atoms with E-state index in [1.165, 1.54) is 32.9 Å². The molecule has 514 valence electrons. The Morgan fingerprint density at radius 3 is 1.20 bits per heavy atom. The predicted molar refractivity (Wildman–Crippen MR) is 455 cm³/mol. The number of aromatic nitrogens is 3. The smallest absolute Gasteiger partial charge is 0.252 e. The van der Waals surface area contributed by atoms with Crippen molar-refractivity contribution in [3.05, 3.63) is 325 Å². The van der Waals surface area contributed by atoms with Crippen LogP contribution < -0.4 is 26.2 Å². The summed E-state index contributed by atoms with van der Waals surface area (Å²) in [6, 6.07) is 103. The zero-order valence-electron chi connectivity index (χ0n) is 66.4. The molecule has 0 radical (unpaired) electrons. The molecular formula is C100H86BN5. The zero-order valence-corrected chi connectivity index (χ0v) is 62.4. The summed E-state index contributed by atoms with van der Waals surface area (Å²) in [5, 5.41) is 5.91. The number of benzene rings is 14. The largest absolute Gasteiger partial charge is 0.311 e. The van der Waals surface area contributed by atoms with Gasteiger partial charge in [0.15, 0.2) is 0 Å². The molecule has 106 heavy (non-hydrogen) atoms. The standard InChI is InChI=1S/C100H86BN5/c1-97(2,3)67-43-50-88-80(54-67)81-55-68(98(4,5)6)44-51-89(81)104(88)74-46-49-84-92(62-74)106(96-78(64-31-18-14-19-32-64)56-69(99(7,8)9)57-79(96)65-33-20-15-21-34-65)94-59-70(100(10,11)12)58-93-95(94)101(84)83-48-45-73(61-91(83)105(93)71-36-28-35-66(53-71)63-29-16-13-17-30-63)103-87-42-27-24-39-77(87)82-60-72(47-52-90(82)103)102-85-40-25-22-37-75(85)76-38-23-26-41-86(76)102/h13-62H,1-12H3/i24D,27D,39D,42D. The van der Waals surface area contributed by atoms with Crippen molar-refractivity contribution in [3.63, 3.8) is 0 Å². The molecule has 2 aliphatic heterocycles. The van der Waals surface area contributed by atoms with Gasteiger partial charge in [-0.15, -0.1) is 0 Å². The lowest BCUT2D eigenvalue weighted by molar-refractivity contribution is 0.590. The Morgan fingerprint density at radius 1 is 0.264 bits per heavy atom. The molecule has 2 aliphatic rings. The Labute approximate surface area is 628 Å². The van der Waals surface area contributed by atoms with E-state index in [1.54, 1.807) is 0 Å². The van der Waals surface area contributed by atoms with Crippen LogP contribution in [-0.2, 0) is 21.7 Å². The molecule has 0 N–H and O–H groups in total. The molecule has 0 aliphatic carbocycles. The van der Waals surface area contributed by atoms with E-state index in [-0.39, 0.29) is 52.5 Å². The third-order valence-electron chi connectivity index (χ3n) is 22.7. The molecule has 0 saturated heterocycles. The summed E-state index contributed by atoms with van der Waals surface area (Å²) in [7, 11) is 0. The first kappa shape index (κ1) is 60.6. The van der Waals surface area contributed by atoms with Gasteiger partial charge in [-0.3, -0.25) is 0 Å². The monoisotopic (exact) mass is 1370 g/mol. The Morgan fingerprint density at radius 2 is 0.670 bits per heavy atom. The fourth-order valence-corrected chi connectivity index (χ4v) is 17.2. The van der Waals surface area contributed by atoms with E-state index in [0.717, 1.165) is 145 Å². The van der Waals surface area contributed by atoms with E-state index in [2.05, 4.69) is 386 Å². The van der Waals surface area contributed by atoms with Gasteiger partial charge >= 0.3 is 0 Å². The van der Waals surface area contributed by atoms with Crippen LogP contribution in [0, 0.1) is 0 Å². The first-order valence-electron chi connectivity index (χ1n) is 39.4. The van der Waals surface area contributed by atoms with Gasteiger partial charge in [0, 0.05) is 88.9 Å². The average molecular weight is 1370 g/mol.